The predicted molar refractivity (Wildman–Crippen MR) is 139 cm³/mol. The zero-order chi connectivity index (χ0) is 26.3. The molecule has 3 aliphatic heterocycles. The normalized spacial score (nSPS) is 19.6. The van der Waals surface area contributed by atoms with Crippen molar-refractivity contribution in [2.45, 2.75) is 45.6 Å². The number of aromatic nitrogens is 1. The molecule has 1 saturated heterocycles. The molecule has 0 spiro atoms. The highest BCUT2D eigenvalue weighted by molar-refractivity contribution is 6.35. The van der Waals surface area contributed by atoms with Gasteiger partial charge in [-0.25, -0.2) is 4.39 Å². The van der Waals surface area contributed by atoms with Crippen LogP contribution in [0.2, 0.25) is 0 Å². The van der Waals surface area contributed by atoms with Crippen molar-refractivity contribution in [2.75, 3.05) is 43.4 Å². The molecule has 196 valence electrons. The highest BCUT2D eigenvalue weighted by Gasteiger charge is 2.31. The SMILES string of the molecule is Cc1c(/C=C2/C(=O)Nc3cc(NC(=O)[C@H](C)O)c(F)cc32)[nH]c2c1C(=O)N(CCN1CCCCC1)CC2. The van der Waals surface area contributed by atoms with Gasteiger partial charge in [0.05, 0.1) is 22.5 Å². The zero-order valence-electron chi connectivity index (χ0n) is 21.1. The molecule has 0 radical (unpaired) electrons. The smallest absolute Gasteiger partial charge is 0.256 e. The van der Waals surface area contributed by atoms with Crippen molar-refractivity contribution in [3.05, 3.63) is 46.0 Å². The topological polar surface area (TPSA) is 118 Å². The van der Waals surface area contributed by atoms with Crippen LogP contribution >= 0.6 is 0 Å². The van der Waals surface area contributed by atoms with Gasteiger partial charge in [-0.1, -0.05) is 6.42 Å². The first-order valence-electron chi connectivity index (χ1n) is 12.8. The molecule has 9 nitrogen and oxygen atoms in total. The van der Waals surface area contributed by atoms with Gasteiger partial charge in [0.2, 0.25) is 0 Å². The lowest BCUT2D eigenvalue weighted by Crippen LogP contribution is -2.43. The van der Waals surface area contributed by atoms with E-state index < -0.39 is 23.7 Å². The molecule has 37 heavy (non-hydrogen) atoms. The van der Waals surface area contributed by atoms with Crippen molar-refractivity contribution >= 4 is 40.7 Å². The third kappa shape index (κ3) is 4.91. The van der Waals surface area contributed by atoms with E-state index in [1.165, 1.54) is 38.3 Å². The first-order valence-corrected chi connectivity index (χ1v) is 12.8. The Labute approximate surface area is 214 Å². The molecule has 5 rings (SSSR count). The number of hydrogen-bond acceptors (Lipinski definition) is 5. The standard InChI is InChI=1S/C27H32FN5O4/c1-15-21(29-20-6-9-33(27(37)24(15)20)11-10-32-7-4-3-5-8-32)13-18-17-12-19(28)23(31-25(35)16(2)34)14-22(17)30-26(18)36/h12-14,16,29,34H,3-11H2,1-2H3,(H,30,36)(H,31,35)/b18-13+/t16-/m0/s1. The van der Waals surface area contributed by atoms with Gasteiger partial charge in [0, 0.05) is 43.0 Å². The number of halogens is 1. The Morgan fingerprint density at radius 1 is 1.19 bits per heavy atom. The molecule has 3 amide bonds. The minimum absolute atomic E-state index is 0.00234. The third-order valence-corrected chi connectivity index (χ3v) is 7.45. The summed E-state index contributed by atoms with van der Waals surface area (Å²) in [4.78, 5) is 45.5. The Morgan fingerprint density at radius 3 is 2.68 bits per heavy atom. The number of hydrogen-bond donors (Lipinski definition) is 4. The number of rotatable bonds is 6. The molecule has 10 heteroatoms. The summed E-state index contributed by atoms with van der Waals surface area (Å²) in [5.41, 5.74) is 3.75. The van der Waals surface area contributed by atoms with Crippen LogP contribution in [0.15, 0.2) is 12.1 Å². The maximum absolute atomic E-state index is 14.8. The van der Waals surface area contributed by atoms with E-state index in [2.05, 4.69) is 20.5 Å². The summed E-state index contributed by atoms with van der Waals surface area (Å²) in [6.45, 7) is 7.54. The van der Waals surface area contributed by atoms with Gasteiger partial charge >= 0.3 is 0 Å². The lowest BCUT2D eigenvalue weighted by molar-refractivity contribution is -0.123. The van der Waals surface area contributed by atoms with E-state index in [9.17, 15) is 23.9 Å². The number of piperidine rings is 1. The van der Waals surface area contributed by atoms with Crippen LogP contribution in [0.25, 0.3) is 11.6 Å². The van der Waals surface area contributed by atoms with Crippen molar-refractivity contribution in [3.63, 3.8) is 0 Å². The van der Waals surface area contributed by atoms with Crippen LogP contribution in [0.1, 0.15) is 59.1 Å². The van der Waals surface area contributed by atoms with Gasteiger partial charge in [-0.3, -0.25) is 14.4 Å². The van der Waals surface area contributed by atoms with Crippen LogP contribution in [0, 0.1) is 12.7 Å². The number of H-pyrrole nitrogens is 1. The quantitative estimate of drug-likeness (QED) is 0.447. The Balaban J connectivity index is 1.38. The van der Waals surface area contributed by atoms with E-state index in [0.29, 0.717) is 42.0 Å². The fourth-order valence-electron chi connectivity index (χ4n) is 5.30. The van der Waals surface area contributed by atoms with E-state index in [0.717, 1.165) is 30.9 Å². The van der Waals surface area contributed by atoms with Gasteiger partial charge < -0.3 is 30.5 Å². The van der Waals surface area contributed by atoms with Gasteiger partial charge in [0.15, 0.2) is 0 Å². The van der Waals surface area contributed by atoms with Gasteiger partial charge in [-0.15, -0.1) is 0 Å². The number of nitrogens with one attached hydrogen (secondary N) is 3. The third-order valence-electron chi connectivity index (χ3n) is 7.45. The maximum Gasteiger partial charge on any atom is 0.256 e. The van der Waals surface area contributed by atoms with Crippen molar-refractivity contribution in [3.8, 4) is 0 Å². The fourth-order valence-corrected chi connectivity index (χ4v) is 5.30. The van der Waals surface area contributed by atoms with E-state index >= 15 is 0 Å². The first-order chi connectivity index (χ1) is 17.7. The predicted octanol–water partition coefficient (Wildman–Crippen LogP) is 2.76. The first kappa shape index (κ1) is 25.2. The van der Waals surface area contributed by atoms with Crippen LogP contribution in [0.4, 0.5) is 15.8 Å². The molecule has 4 heterocycles. The second kappa shape index (κ2) is 10.1. The molecule has 0 bridgehead atoms. The van der Waals surface area contributed by atoms with Crippen LogP contribution in [0.5, 0.6) is 0 Å². The lowest BCUT2D eigenvalue weighted by atomic mass is 10.0. The number of carbonyl (C=O) groups excluding carboxylic acids is 3. The Bertz CT molecular complexity index is 1290. The summed E-state index contributed by atoms with van der Waals surface area (Å²) in [7, 11) is 0. The van der Waals surface area contributed by atoms with Crippen LogP contribution in [0.3, 0.4) is 0 Å². The van der Waals surface area contributed by atoms with Crippen LogP contribution in [-0.4, -0.2) is 76.4 Å². The minimum Gasteiger partial charge on any atom is -0.384 e. The summed E-state index contributed by atoms with van der Waals surface area (Å²) >= 11 is 0. The van der Waals surface area contributed by atoms with E-state index in [-0.39, 0.29) is 17.2 Å². The average molecular weight is 510 g/mol. The number of carbonyl (C=O) groups is 3. The number of aliphatic hydroxyl groups is 1. The van der Waals surface area contributed by atoms with Gasteiger partial charge in [0.25, 0.3) is 17.7 Å². The number of anilines is 2. The number of likely N-dealkylation sites (tertiary alicyclic amines) is 1. The second-order valence-corrected chi connectivity index (χ2v) is 10.0. The molecule has 0 saturated carbocycles. The van der Waals surface area contributed by atoms with Gasteiger partial charge in [0.1, 0.15) is 11.9 Å². The molecule has 4 N–H and O–H groups in total. The lowest BCUT2D eigenvalue weighted by Gasteiger charge is -2.32. The van der Waals surface area contributed by atoms with Gasteiger partial charge in [-0.2, -0.15) is 0 Å². The summed E-state index contributed by atoms with van der Waals surface area (Å²) in [6.07, 6.45) is 4.75. The summed E-state index contributed by atoms with van der Waals surface area (Å²) in [5.74, 6) is -1.88. The van der Waals surface area contributed by atoms with Crippen molar-refractivity contribution in [2.24, 2.45) is 0 Å². The largest absolute Gasteiger partial charge is 0.384 e. The Morgan fingerprint density at radius 2 is 1.95 bits per heavy atom. The Hall–Kier alpha value is -3.50. The van der Waals surface area contributed by atoms with E-state index in [1.807, 2.05) is 11.8 Å². The number of nitrogens with zero attached hydrogens (tertiary/aromatic N) is 2. The number of aromatic amines is 1. The number of amides is 3. The van der Waals surface area contributed by atoms with Gasteiger partial charge in [-0.05, 0) is 63.6 Å². The minimum atomic E-state index is -1.30. The average Bonchev–Trinajstić information content (AvgIpc) is 3.35. The summed E-state index contributed by atoms with van der Waals surface area (Å²) in [5, 5.41) is 14.4. The molecule has 1 aromatic carbocycles. The molecule has 3 aliphatic rings. The molecule has 0 unspecified atom stereocenters. The molecule has 1 aromatic heterocycles. The fraction of sp³-hybridized carbons (Fsp3) is 0.444. The molecule has 0 aliphatic carbocycles. The molecular formula is C27H32FN5O4. The van der Waals surface area contributed by atoms with Crippen molar-refractivity contribution < 1.29 is 23.9 Å². The monoisotopic (exact) mass is 509 g/mol. The second-order valence-electron chi connectivity index (χ2n) is 10.0. The van der Waals surface area contributed by atoms with Crippen LogP contribution < -0.4 is 10.6 Å². The Kier molecular flexibility index (Phi) is 6.87. The number of aliphatic hydroxyl groups excluding tert-OH is 1. The molecule has 2 aromatic rings. The number of benzene rings is 1. The zero-order valence-corrected chi connectivity index (χ0v) is 21.1. The number of fused-ring (bicyclic) bond motifs is 2. The summed E-state index contributed by atoms with van der Waals surface area (Å²) in [6, 6.07) is 2.52. The van der Waals surface area contributed by atoms with Crippen molar-refractivity contribution in [1.29, 1.82) is 0 Å². The van der Waals surface area contributed by atoms with E-state index in [4.69, 9.17) is 0 Å². The highest BCUT2D eigenvalue weighted by atomic mass is 19.1. The van der Waals surface area contributed by atoms with Crippen LogP contribution in [-0.2, 0) is 16.0 Å². The molecule has 1 atom stereocenters. The molecule has 1 fully saturated rings. The van der Waals surface area contributed by atoms with E-state index in [1.54, 1.807) is 6.08 Å². The van der Waals surface area contributed by atoms with Crippen molar-refractivity contribution in [1.82, 2.24) is 14.8 Å². The summed E-state index contributed by atoms with van der Waals surface area (Å²) < 4.78 is 14.8. The maximum atomic E-state index is 14.8. The molecular weight excluding hydrogens is 477 g/mol. The highest BCUT2D eigenvalue weighted by Crippen LogP contribution is 2.37.